The maximum absolute atomic E-state index is 12.6. The molecule has 0 saturated heterocycles. The summed E-state index contributed by atoms with van der Waals surface area (Å²) < 4.78 is 49.4. The molecule has 23 heavy (non-hydrogen) atoms. The van der Waals surface area contributed by atoms with Crippen LogP contribution in [0, 0.1) is 6.92 Å². The first-order valence-corrected chi connectivity index (χ1v) is 6.62. The largest absolute Gasteiger partial charge is 0.487 e. The van der Waals surface area contributed by atoms with Crippen molar-refractivity contribution in [2.45, 2.75) is 19.7 Å². The van der Waals surface area contributed by atoms with Crippen LogP contribution < -0.4 is 10.3 Å². The van der Waals surface area contributed by atoms with E-state index in [1.807, 2.05) is 0 Å². The Labute approximate surface area is 127 Å². The first-order chi connectivity index (χ1) is 10.8. The van der Waals surface area contributed by atoms with Gasteiger partial charge in [0.2, 0.25) is 0 Å². The van der Waals surface area contributed by atoms with Crippen molar-refractivity contribution >= 4 is 5.65 Å². The maximum Gasteiger partial charge on any atom is 0.416 e. The van der Waals surface area contributed by atoms with E-state index in [0.29, 0.717) is 17.1 Å². The average Bonchev–Trinajstić information content (AvgIpc) is 2.86. The second-order valence-electron chi connectivity index (χ2n) is 4.90. The summed E-state index contributed by atoms with van der Waals surface area (Å²) in [5, 5.41) is 0. The standard InChI is InChI=1S/C15H11F3N2O3/c1-9-5-13-19-11(7-14(21)20(13)23-9)8-22-12-4-2-3-10(6-12)15(16,17)18/h2-7H,8H2,1H3. The minimum atomic E-state index is -4.44. The second-order valence-corrected chi connectivity index (χ2v) is 4.90. The van der Waals surface area contributed by atoms with Gasteiger partial charge < -0.3 is 9.26 Å². The van der Waals surface area contributed by atoms with Crippen LogP contribution in [-0.2, 0) is 12.8 Å². The molecular weight excluding hydrogens is 313 g/mol. The maximum atomic E-state index is 12.6. The molecule has 0 fully saturated rings. The van der Waals surface area contributed by atoms with Crippen molar-refractivity contribution in [3.05, 3.63) is 63.8 Å². The molecule has 3 aromatic rings. The number of hydrogen-bond acceptors (Lipinski definition) is 4. The molecule has 0 bridgehead atoms. The number of nitrogens with zero attached hydrogens (tertiary/aromatic N) is 2. The van der Waals surface area contributed by atoms with Gasteiger partial charge in [-0.3, -0.25) is 4.79 Å². The molecule has 0 aliphatic rings. The predicted octanol–water partition coefficient (Wildman–Crippen LogP) is 3.19. The van der Waals surface area contributed by atoms with Crippen LogP contribution in [0.25, 0.3) is 5.65 Å². The van der Waals surface area contributed by atoms with Crippen molar-refractivity contribution in [1.29, 1.82) is 0 Å². The van der Waals surface area contributed by atoms with Gasteiger partial charge in [0.05, 0.1) is 11.3 Å². The molecule has 5 nitrogen and oxygen atoms in total. The quantitative estimate of drug-likeness (QED) is 0.742. The highest BCUT2D eigenvalue weighted by Crippen LogP contribution is 2.31. The molecule has 120 valence electrons. The molecule has 0 spiro atoms. The third-order valence-electron chi connectivity index (χ3n) is 3.07. The summed E-state index contributed by atoms with van der Waals surface area (Å²) >= 11 is 0. The Hall–Kier alpha value is -2.77. The van der Waals surface area contributed by atoms with Crippen molar-refractivity contribution in [3.8, 4) is 5.75 Å². The van der Waals surface area contributed by atoms with Crippen LogP contribution in [0.1, 0.15) is 17.0 Å². The van der Waals surface area contributed by atoms with Crippen LogP contribution in [-0.4, -0.2) is 9.56 Å². The summed E-state index contributed by atoms with van der Waals surface area (Å²) in [5.74, 6) is 0.566. The van der Waals surface area contributed by atoms with Gasteiger partial charge in [0.25, 0.3) is 5.56 Å². The molecule has 0 aliphatic carbocycles. The zero-order valence-electron chi connectivity index (χ0n) is 11.9. The van der Waals surface area contributed by atoms with Crippen molar-refractivity contribution in [1.82, 2.24) is 9.56 Å². The number of halogens is 3. The van der Waals surface area contributed by atoms with E-state index in [4.69, 9.17) is 9.26 Å². The first-order valence-electron chi connectivity index (χ1n) is 6.62. The zero-order chi connectivity index (χ0) is 16.6. The Morgan fingerprint density at radius 3 is 2.78 bits per heavy atom. The Morgan fingerprint density at radius 1 is 1.26 bits per heavy atom. The lowest BCUT2D eigenvalue weighted by molar-refractivity contribution is -0.137. The molecule has 3 rings (SSSR count). The lowest BCUT2D eigenvalue weighted by atomic mass is 10.2. The number of rotatable bonds is 3. The number of fused-ring (bicyclic) bond motifs is 1. The smallest absolute Gasteiger partial charge is 0.416 e. The lowest BCUT2D eigenvalue weighted by Gasteiger charge is -2.09. The number of alkyl halides is 3. The molecule has 0 unspecified atom stereocenters. The van der Waals surface area contributed by atoms with Crippen LogP contribution in [0.3, 0.4) is 0 Å². The van der Waals surface area contributed by atoms with E-state index >= 15 is 0 Å². The fourth-order valence-electron chi connectivity index (χ4n) is 2.07. The minimum Gasteiger partial charge on any atom is -0.487 e. The Balaban J connectivity index is 1.82. The van der Waals surface area contributed by atoms with Crippen molar-refractivity contribution in [2.75, 3.05) is 0 Å². The fourth-order valence-corrected chi connectivity index (χ4v) is 2.07. The summed E-state index contributed by atoms with van der Waals surface area (Å²) in [5.41, 5.74) is -0.611. The van der Waals surface area contributed by atoms with Crippen LogP contribution in [0.2, 0.25) is 0 Å². The van der Waals surface area contributed by atoms with Gasteiger partial charge in [0.15, 0.2) is 5.65 Å². The molecule has 0 saturated carbocycles. The Bertz CT molecular complexity index is 912. The van der Waals surface area contributed by atoms with E-state index in [2.05, 4.69) is 4.98 Å². The van der Waals surface area contributed by atoms with Gasteiger partial charge in [-0.1, -0.05) is 6.07 Å². The number of ether oxygens (including phenoxy) is 1. The van der Waals surface area contributed by atoms with Crippen molar-refractivity contribution < 1.29 is 22.4 Å². The SMILES string of the molecule is Cc1cc2nc(COc3cccc(C(F)(F)F)c3)cc(=O)n2o1. The van der Waals surface area contributed by atoms with Crippen LogP contribution >= 0.6 is 0 Å². The topological polar surface area (TPSA) is 56.7 Å². The van der Waals surface area contributed by atoms with Gasteiger partial charge in [-0.2, -0.15) is 13.2 Å². The molecule has 0 aliphatic heterocycles. The van der Waals surface area contributed by atoms with Gasteiger partial charge in [0.1, 0.15) is 18.1 Å². The third kappa shape index (κ3) is 3.20. The van der Waals surface area contributed by atoms with E-state index in [9.17, 15) is 18.0 Å². The van der Waals surface area contributed by atoms with E-state index in [-0.39, 0.29) is 12.4 Å². The van der Waals surface area contributed by atoms with E-state index in [1.165, 1.54) is 18.2 Å². The normalized spacial score (nSPS) is 11.8. The van der Waals surface area contributed by atoms with Gasteiger partial charge in [-0.05, 0) is 25.1 Å². The van der Waals surface area contributed by atoms with Gasteiger partial charge in [-0.15, -0.1) is 4.57 Å². The predicted molar refractivity (Wildman–Crippen MR) is 74.2 cm³/mol. The van der Waals surface area contributed by atoms with Crippen LogP contribution in [0.15, 0.2) is 45.7 Å². The molecule has 1 aromatic carbocycles. The number of aryl methyl sites for hydroxylation is 1. The highest BCUT2D eigenvalue weighted by atomic mass is 19.4. The van der Waals surface area contributed by atoms with Gasteiger partial charge >= 0.3 is 6.18 Å². The summed E-state index contributed by atoms with van der Waals surface area (Å²) in [4.78, 5) is 16.0. The molecule has 0 amide bonds. The molecule has 2 heterocycles. The van der Waals surface area contributed by atoms with Crippen molar-refractivity contribution in [2.24, 2.45) is 0 Å². The minimum absolute atomic E-state index is 0.0465. The molecule has 8 heteroatoms. The van der Waals surface area contributed by atoms with Gasteiger partial charge in [0, 0.05) is 12.1 Å². The molecular formula is C15H11F3N2O3. The van der Waals surface area contributed by atoms with Crippen LogP contribution in [0.5, 0.6) is 5.75 Å². The van der Waals surface area contributed by atoms with Gasteiger partial charge in [-0.25, -0.2) is 4.98 Å². The highest BCUT2D eigenvalue weighted by molar-refractivity contribution is 5.38. The first kappa shape index (κ1) is 15.1. The zero-order valence-corrected chi connectivity index (χ0v) is 11.9. The van der Waals surface area contributed by atoms with E-state index in [0.717, 1.165) is 16.7 Å². The molecule has 2 aromatic heterocycles. The Morgan fingerprint density at radius 2 is 2.04 bits per heavy atom. The molecule has 0 atom stereocenters. The van der Waals surface area contributed by atoms with Crippen molar-refractivity contribution in [3.63, 3.8) is 0 Å². The Kier molecular flexibility index (Phi) is 3.59. The molecule has 0 N–H and O–H groups in total. The lowest BCUT2D eigenvalue weighted by Crippen LogP contribution is -2.14. The summed E-state index contributed by atoms with van der Waals surface area (Å²) in [6, 6.07) is 7.30. The summed E-state index contributed by atoms with van der Waals surface area (Å²) in [6.45, 7) is 1.55. The highest BCUT2D eigenvalue weighted by Gasteiger charge is 2.30. The monoisotopic (exact) mass is 324 g/mol. The number of aromatic nitrogens is 2. The van der Waals surface area contributed by atoms with E-state index in [1.54, 1.807) is 13.0 Å². The third-order valence-corrected chi connectivity index (χ3v) is 3.07. The second kappa shape index (κ2) is 5.45. The summed E-state index contributed by atoms with van der Waals surface area (Å²) in [7, 11) is 0. The van der Waals surface area contributed by atoms with E-state index < -0.39 is 17.3 Å². The average molecular weight is 324 g/mol. The van der Waals surface area contributed by atoms with Crippen LogP contribution in [0.4, 0.5) is 13.2 Å². The summed E-state index contributed by atoms with van der Waals surface area (Å²) in [6.07, 6.45) is -4.44. The number of benzene rings is 1. The number of hydrogen-bond donors (Lipinski definition) is 0. The fraction of sp³-hybridized carbons (Fsp3) is 0.200. The molecule has 0 radical (unpaired) electrons.